The Kier molecular flexibility index (Phi) is 5.68. The molecule has 2 aromatic rings. The molecule has 1 amide bonds. The number of ether oxygens (including phenoxy) is 1. The summed E-state index contributed by atoms with van der Waals surface area (Å²) in [5.74, 6) is -1.83. The lowest BCUT2D eigenvalue weighted by Gasteiger charge is -2.27. The number of aryl methyl sites for hydroxylation is 1. The summed E-state index contributed by atoms with van der Waals surface area (Å²) in [6.07, 6.45) is 1.41. The number of carboxylic acid groups (broad SMARTS) is 1. The third-order valence-corrected chi connectivity index (χ3v) is 4.80. The third kappa shape index (κ3) is 4.29. The average molecular weight is 357 g/mol. The van der Waals surface area contributed by atoms with Crippen LogP contribution in [0.2, 0.25) is 0 Å². The summed E-state index contributed by atoms with van der Waals surface area (Å²) in [7, 11) is 0. The number of nitrogens with zero attached hydrogens (tertiary/aromatic N) is 1. The zero-order chi connectivity index (χ0) is 18.5. The van der Waals surface area contributed by atoms with Gasteiger partial charge in [-0.3, -0.25) is 14.7 Å². The monoisotopic (exact) mass is 357 g/mol. The quantitative estimate of drug-likeness (QED) is 0.735. The van der Waals surface area contributed by atoms with Gasteiger partial charge in [-0.15, -0.1) is 0 Å². The summed E-state index contributed by atoms with van der Waals surface area (Å²) < 4.78 is 5.28. The Morgan fingerprint density at radius 2 is 2.00 bits per heavy atom. The van der Waals surface area contributed by atoms with E-state index in [2.05, 4.69) is 15.5 Å². The zero-order valence-electron chi connectivity index (χ0n) is 14.7. The number of aromatic nitrogens is 2. The van der Waals surface area contributed by atoms with E-state index in [1.165, 1.54) is 0 Å². The molecule has 1 saturated heterocycles. The van der Waals surface area contributed by atoms with Gasteiger partial charge in [-0.25, -0.2) is 0 Å². The number of hydrogen-bond acceptors (Lipinski definition) is 4. The van der Waals surface area contributed by atoms with Gasteiger partial charge >= 0.3 is 5.97 Å². The molecule has 1 aromatic heterocycles. The van der Waals surface area contributed by atoms with E-state index in [1.54, 1.807) is 6.07 Å². The Labute approximate surface area is 151 Å². The number of amides is 1. The molecule has 1 unspecified atom stereocenters. The van der Waals surface area contributed by atoms with E-state index in [4.69, 9.17) is 4.74 Å². The molecule has 0 saturated carbocycles. The van der Waals surface area contributed by atoms with Gasteiger partial charge < -0.3 is 15.2 Å². The lowest BCUT2D eigenvalue weighted by molar-refractivity contribution is -0.144. The number of carboxylic acids is 1. The van der Waals surface area contributed by atoms with Gasteiger partial charge in [-0.05, 0) is 31.7 Å². The lowest BCUT2D eigenvalue weighted by atomic mass is 9.86. The first kappa shape index (κ1) is 18.1. The zero-order valence-corrected chi connectivity index (χ0v) is 14.7. The fraction of sp³-hybridized carbons (Fsp3) is 0.421. The maximum atomic E-state index is 12.4. The highest BCUT2D eigenvalue weighted by molar-refractivity contribution is 5.93. The molecule has 0 radical (unpaired) electrons. The summed E-state index contributed by atoms with van der Waals surface area (Å²) in [4.78, 5) is 23.9. The molecule has 1 aliphatic rings. The number of H-pyrrole nitrogens is 1. The highest BCUT2D eigenvalue weighted by atomic mass is 16.5. The van der Waals surface area contributed by atoms with Crippen LogP contribution >= 0.6 is 0 Å². The molecule has 7 heteroatoms. The molecule has 3 rings (SSSR count). The molecule has 0 aliphatic carbocycles. The summed E-state index contributed by atoms with van der Waals surface area (Å²) in [6, 6.07) is 9.52. The van der Waals surface area contributed by atoms with Crippen molar-refractivity contribution in [1.82, 2.24) is 15.5 Å². The summed E-state index contributed by atoms with van der Waals surface area (Å²) in [6.45, 7) is 3.24. The molecule has 0 bridgehead atoms. The maximum Gasteiger partial charge on any atom is 0.308 e. The predicted molar refractivity (Wildman–Crippen MR) is 95.8 cm³/mol. The average Bonchev–Trinajstić information content (AvgIpc) is 3.13. The molecule has 0 spiro atoms. The normalized spacial score (nSPS) is 16.2. The fourth-order valence-corrected chi connectivity index (χ4v) is 3.18. The minimum atomic E-state index is -0.887. The van der Waals surface area contributed by atoms with Gasteiger partial charge in [0.2, 0.25) is 0 Å². The number of aliphatic carboxylic acids is 1. The van der Waals surface area contributed by atoms with Gasteiger partial charge in [-0.2, -0.15) is 5.10 Å². The van der Waals surface area contributed by atoms with Crippen LogP contribution in [0.15, 0.2) is 30.3 Å². The van der Waals surface area contributed by atoms with Crippen molar-refractivity contribution in [2.75, 3.05) is 19.8 Å². The Morgan fingerprint density at radius 3 is 2.65 bits per heavy atom. The van der Waals surface area contributed by atoms with E-state index in [1.807, 2.05) is 31.2 Å². The minimum absolute atomic E-state index is 0.0198. The van der Waals surface area contributed by atoms with Crippen LogP contribution in [0.1, 0.15) is 28.9 Å². The van der Waals surface area contributed by atoms with Crippen molar-refractivity contribution in [2.45, 2.75) is 19.8 Å². The van der Waals surface area contributed by atoms with Crippen molar-refractivity contribution in [3.05, 3.63) is 41.6 Å². The number of hydrogen-bond donors (Lipinski definition) is 3. The summed E-state index contributed by atoms with van der Waals surface area (Å²) in [5.41, 5.74) is 3.05. The number of carbonyl (C=O) groups excluding carboxylic acids is 1. The molecular weight excluding hydrogens is 334 g/mol. The topological polar surface area (TPSA) is 104 Å². The van der Waals surface area contributed by atoms with E-state index in [-0.39, 0.29) is 18.4 Å². The van der Waals surface area contributed by atoms with Crippen molar-refractivity contribution in [3.63, 3.8) is 0 Å². The van der Waals surface area contributed by atoms with Crippen LogP contribution in [0.5, 0.6) is 0 Å². The van der Waals surface area contributed by atoms with E-state index in [9.17, 15) is 14.7 Å². The summed E-state index contributed by atoms with van der Waals surface area (Å²) >= 11 is 0. The van der Waals surface area contributed by atoms with E-state index in [0.29, 0.717) is 37.4 Å². The molecule has 26 heavy (non-hydrogen) atoms. The minimum Gasteiger partial charge on any atom is -0.481 e. The van der Waals surface area contributed by atoms with Crippen LogP contribution in [0.4, 0.5) is 0 Å². The van der Waals surface area contributed by atoms with E-state index >= 15 is 0 Å². The first-order valence-electron chi connectivity index (χ1n) is 8.76. The Bertz CT molecular complexity index is 763. The second-order valence-electron chi connectivity index (χ2n) is 6.64. The van der Waals surface area contributed by atoms with Crippen molar-refractivity contribution >= 4 is 11.9 Å². The number of nitrogens with one attached hydrogen (secondary N) is 2. The van der Waals surface area contributed by atoms with Crippen LogP contribution < -0.4 is 5.32 Å². The van der Waals surface area contributed by atoms with Gasteiger partial charge in [0.25, 0.3) is 5.91 Å². The van der Waals surface area contributed by atoms with Crippen LogP contribution in [0, 0.1) is 18.8 Å². The molecule has 1 aliphatic heterocycles. The van der Waals surface area contributed by atoms with Gasteiger partial charge in [0.05, 0.1) is 11.6 Å². The maximum absolute atomic E-state index is 12.4. The Hall–Kier alpha value is -2.67. The molecule has 3 N–H and O–H groups in total. The SMILES string of the molecule is Cc1ccc(-c2cc(C(=O)NCC(C(=O)O)C3CCOCC3)[nH]n2)cc1. The number of aromatic amines is 1. The van der Waals surface area contributed by atoms with Crippen LogP contribution in [0.3, 0.4) is 0 Å². The van der Waals surface area contributed by atoms with Crippen molar-refractivity contribution in [3.8, 4) is 11.3 Å². The molecular formula is C19H23N3O4. The van der Waals surface area contributed by atoms with Gasteiger partial charge in [0.15, 0.2) is 0 Å². The van der Waals surface area contributed by atoms with E-state index < -0.39 is 11.9 Å². The standard InChI is InChI=1S/C19H23N3O4/c1-12-2-4-14(5-3-12)16-10-17(22-21-16)18(23)20-11-15(19(24)25)13-6-8-26-9-7-13/h2-5,10,13,15H,6-9,11H2,1H3,(H,20,23)(H,21,22)(H,24,25). The highest BCUT2D eigenvalue weighted by Crippen LogP contribution is 2.24. The smallest absolute Gasteiger partial charge is 0.308 e. The second kappa shape index (κ2) is 8.14. The van der Waals surface area contributed by atoms with Gasteiger partial charge in [-0.1, -0.05) is 29.8 Å². The molecule has 1 aromatic carbocycles. The Morgan fingerprint density at radius 1 is 1.31 bits per heavy atom. The lowest BCUT2D eigenvalue weighted by Crippen LogP contribution is -2.39. The molecule has 7 nitrogen and oxygen atoms in total. The fourth-order valence-electron chi connectivity index (χ4n) is 3.18. The van der Waals surface area contributed by atoms with Crippen LogP contribution in [-0.2, 0) is 9.53 Å². The molecule has 2 heterocycles. The van der Waals surface area contributed by atoms with Crippen molar-refractivity contribution in [2.24, 2.45) is 11.8 Å². The van der Waals surface area contributed by atoms with E-state index in [0.717, 1.165) is 11.1 Å². The van der Waals surface area contributed by atoms with Gasteiger partial charge in [0, 0.05) is 25.3 Å². The number of carbonyl (C=O) groups is 2. The first-order valence-corrected chi connectivity index (χ1v) is 8.76. The Balaban J connectivity index is 1.62. The third-order valence-electron chi connectivity index (χ3n) is 4.80. The predicted octanol–water partition coefficient (Wildman–Crippen LogP) is 2.24. The summed E-state index contributed by atoms with van der Waals surface area (Å²) in [5, 5.41) is 19.1. The van der Waals surface area contributed by atoms with Crippen molar-refractivity contribution < 1.29 is 19.4 Å². The largest absolute Gasteiger partial charge is 0.481 e. The number of rotatable bonds is 6. The van der Waals surface area contributed by atoms with Crippen LogP contribution in [0.25, 0.3) is 11.3 Å². The van der Waals surface area contributed by atoms with Gasteiger partial charge in [0.1, 0.15) is 5.69 Å². The van der Waals surface area contributed by atoms with Crippen LogP contribution in [-0.4, -0.2) is 46.9 Å². The number of benzene rings is 1. The second-order valence-corrected chi connectivity index (χ2v) is 6.64. The highest BCUT2D eigenvalue weighted by Gasteiger charge is 2.30. The van der Waals surface area contributed by atoms with Crippen molar-refractivity contribution in [1.29, 1.82) is 0 Å². The molecule has 138 valence electrons. The molecule has 1 fully saturated rings. The molecule has 1 atom stereocenters. The first-order chi connectivity index (χ1) is 12.5.